The predicted molar refractivity (Wildman–Crippen MR) is 72.7 cm³/mol. The third kappa shape index (κ3) is 2.57. The maximum atomic E-state index is 5.74. The average Bonchev–Trinajstić information content (AvgIpc) is 3.02. The number of benzene rings is 1. The highest BCUT2D eigenvalue weighted by Crippen LogP contribution is 2.24. The molecular weight excluding hydrogens is 294 g/mol. The van der Waals surface area contributed by atoms with Crippen LogP contribution in [0.15, 0.2) is 41.1 Å². The smallest absolute Gasteiger partial charge is 0.165 e. The van der Waals surface area contributed by atoms with Crippen LogP contribution in [0.5, 0.6) is 11.5 Å². The molecule has 0 aliphatic carbocycles. The lowest BCUT2D eigenvalue weighted by Gasteiger charge is -2.09. The van der Waals surface area contributed by atoms with Crippen LogP contribution in [-0.2, 0) is 0 Å². The van der Waals surface area contributed by atoms with Gasteiger partial charge in [-0.1, -0.05) is 15.9 Å². The number of ether oxygens (including phenoxy) is 1. The third-order valence-electron chi connectivity index (χ3n) is 2.98. The van der Waals surface area contributed by atoms with Gasteiger partial charge in [0.25, 0.3) is 0 Å². The first kappa shape index (κ1) is 11.7. The summed E-state index contributed by atoms with van der Waals surface area (Å²) in [5.74, 6) is 1.59. The standard InChI is InChI=1S/C13H14BrN3O/c14-10-3-5-11(6-4-10)18-12-8-16-17(9-12)13-2-1-7-15-13/h3-6,8-9,13,15H,1-2,7H2. The molecule has 2 aromatic rings. The first-order valence-electron chi connectivity index (χ1n) is 6.02. The summed E-state index contributed by atoms with van der Waals surface area (Å²) in [6.45, 7) is 1.06. The van der Waals surface area contributed by atoms with Gasteiger partial charge in [-0.2, -0.15) is 5.10 Å². The summed E-state index contributed by atoms with van der Waals surface area (Å²) in [7, 11) is 0. The minimum atomic E-state index is 0.312. The fourth-order valence-electron chi connectivity index (χ4n) is 2.07. The van der Waals surface area contributed by atoms with Crippen LogP contribution in [-0.4, -0.2) is 16.3 Å². The van der Waals surface area contributed by atoms with Crippen LogP contribution in [0.1, 0.15) is 19.0 Å². The highest BCUT2D eigenvalue weighted by molar-refractivity contribution is 9.10. The second-order valence-corrected chi connectivity index (χ2v) is 5.24. The Hall–Kier alpha value is -1.33. The maximum Gasteiger partial charge on any atom is 0.165 e. The molecule has 1 aliphatic heterocycles. The zero-order chi connectivity index (χ0) is 12.4. The van der Waals surface area contributed by atoms with Crippen molar-refractivity contribution in [2.75, 3.05) is 6.54 Å². The summed E-state index contributed by atoms with van der Waals surface area (Å²) in [6, 6.07) is 7.76. The Morgan fingerprint density at radius 2 is 2.11 bits per heavy atom. The minimum absolute atomic E-state index is 0.312. The van der Waals surface area contributed by atoms with Gasteiger partial charge < -0.3 is 4.74 Å². The van der Waals surface area contributed by atoms with Crippen LogP contribution < -0.4 is 10.1 Å². The van der Waals surface area contributed by atoms with E-state index in [1.807, 2.05) is 35.1 Å². The first-order valence-corrected chi connectivity index (χ1v) is 6.81. The van der Waals surface area contributed by atoms with E-state index < -0.39 is 0 Å². The monoisotopic (exact) mass is 307 g/mol. The molecular formula is C13H14BrN3O. The molecule has 18 heavy (non-hydrogen) atoms. The van der Waals surface area contributed by atoms with Crippen LogP contribution in [0.3, 0.4) is 0 Å². The van der Waals surface area contributed by atoms with Gasteiger partial charge in [0.05, 0.1) is 12.4 Å². The fourth-order valence-corrected chi connectivity index (χ4v) is 2.34. The molecule has 0 saturated carbocycles. The van der Waals surface area contributed by atoms with Gasteiger partial charge in [-0.25, -0.2) is 0 Å². The Morgan fingerprint density at radius 1 is 1.28 bits per heavy atom. The van der Waals surface area contributed by atoms with E-state index in [0.29, 0.717) is 6.17 Å². The van der Waals surface area contributed by atoms with Crippen molar-refractivity contribution in [3.63, 3.8) is 0 Å². The van der Waals surface area contributed by atoms with Crippen molar-refractivity contribution in [1.82, 2.24) is 15.1 Å². The number of hydrogen-bond acceptors (Lipinski definition) is 3. The van der Waals surface area contributed by atoms with Crippen molar-refractivity contribution >= 4 is 15.9 Å². The minimum Gasteiger partial charge on any atom is -0.454 e. The Balaban J connectivity index is 1.71. The summed E-state index contributed by atoms with van der Waals surface area (Å²) in [4.78, 5) is 0. The zero-order valence-electron chi connectivity index (χ0n) is 9.84. The number of halogens is 1. The maximum absolute atomic E-state index is 5.74. The number of aromatic nitrogens is 2. The van der Waals surface area contributed by atoms with Gasteiger partial charge in [0.2, 0.25) is 0 Å². The Kier molecular flexibility index (Phi) is 3.34. The number of hydrogen-bond donors (Lipinski definition) is 1. The van der Waals surface area contributed by atoms with E-state index >= 15 is 0 Å². The lowest BCUT2D eigenvalue weighted by molar-refractivity contribution is 0.421. The molecule has 1 aromatic carbocycles. The number of nitrogens with zero attached hydrogens (tertiary/aromatic N) is 2. The normalized spacial score (nSPS) is 19.1. The van der Waals surface area contributed by atoms with Crippen LogP contribution in [0.2, 0.25) is 0 Å². The van der Waals surface area contributed by atoms with Crippen LogP contribution in [0, 0.1) is 0 Å². The van der Waals surface area contributed by atoms with Crippen molar-refractivity contribution in [3.8, 4) is 11.5 Å². The van der Waals surface area contributed by atoms with E-state index in [1.54, 1.807) is 6.20 Å². The van der Waals surface area contributed by atoms with E-state index in [0.717, 1.165) is 28.9 Å². The van der Waals surface area contributed by atoms with Gasteiger partial charge >= 0.3 is 0 Å². The van der Waals surface area contributed by atoms with Crippen molar-refractivity contribution in [3.05, 3.63) is 41.1 Å². The summed E-state index contributed by atoms with van der Waals surface area (Å²) < 4.78 is 8.72. The fraction of sp³-hybridized carbons (Fsp3) is 0.308. The topological polar surface area (TPSA) is 39.1 Å². The average molecular weight is 308 g/mol. The van der Waals surface area contributed by atoms with Gasteiger partial charge in [-0.15, -0.1) is 0 Å². The van der Waals surface area contributed by atoms with Crippen LogP contribution in [0.4, 0.5) is 0 Å². The van der Waals surface area contributed by atoms with Crippen molar-refractivity contribution in [2.45, 2.75) is 19.0 Å². The lowest BCUT2D eigenvalue weighted by atomic mass is 10.3. The molecule has 4 nitrogen and oxygen atoms in total. The molecule has 1 saturated heterocycles. The Morgan fingerprint density at radius 3 is 2.83 bits per heavy atom. The number of rotatable bonds is 3. The molecule has 1 atom stereocenters. The second-order valence-electron chi connectivity index (χ2n) is 4.32. The summed E-state index contributed by atoms with van der Waals surface area (Å²) >= 11 is 3.40. The molecule has 0 amide bonds. The third-order valence-corrected chi connectivity index (χ3v) is 3.51. The van der Waals surface area contributed by atoms with Crippen LogP contribution in [0.25, 0.3) is 0 Å². The Labute approximate surface area is 114 Å². The molecule has 0 bridgehead atoms. The van der Waals surface area contributed by atoms with Crippen molar-refractivity contribution in [2.24, 2.45) is 0 Å². The molecule has 1 fully saturated rings. The molecule has 2 heterocycles. The molecule has 1 aliphatic rings. The van der Waals surface area contributed by atoms with E-state index in [1.165, 1.54) is 6.42 Å². The molecule has 1 N–H and O–H groups in total. The van der Waals surface area contributed by atoms with Gasteiger partial charge in [-0.05, 0) is 43.7 Å². The highest BCUT2D eigenvalue weighted by atomic mass is 79.9. The van der Waals surface area contributed by atoms with Gasteiger partial charge in [-0.3, -0.25) is 10.00 Å². The van der Waals surface area contributed by atoms with E-state index in [2.05, 4.69) is 26.3 Å². The molecule has 1 aromatic heterocycles. The van der Waals surface area contributed by atoms with E-state index in [4.69, 9.17) is 4.74 Å². The quantitative estimate of drug-likeness (QED) is 0.945. The van der Waals surface area contributed by atoms with Gasteiger partial charge in [0.1, 0.15) is 11.9 Å². The SMILES string of the molecule is Brc1ccc(Oc2cnn(C3CCCN3)c2)cc1. The second kappa shape index (κ2) is 5.12. The van der Waals surface area contributed by atoms with Gasteiger partial charge in [0, 0.05) is 4.47 Å². The molecule has 1 unspecified atom stereocenters. The van der Waals surface area contributed by atoms with Gasteiger partial charge in [0.15, 0.2) is 5.75 Å². The summed E-state index contributed by atoms with van der Waals surface area (Å²) in [6.07, 6.45) is 6.33. The largest absolute Gasteiger partial charge is 0.454 e. The first-order chi connectivity index (χ1) is 8.81. The predicted octanol–water partition coefficient (Wildman–Crippen LogP) is 3.32. The molecule has 0 spiro atoms. The zero-order valence-corrected chi connectivity index (χ0v) is 11.4. The Bertz CT molecular complexity index is 517. The highest BCUT2D eigenvalue weighted by Gasteiger charge is 2.16. The molecule has 94 valence electrons. The molecule has 0 radical (unpaired) electrons. The van der Waals surface area contributed by atoms with Crippen molar-refractivity contribution in [1.29, 1.82) is 0 Å². The molecule has 3 rings (SSSR count). The van der Waals surface area contributed by atoms with Crippen molar-refractivity contribution < 1.29 is 4.74 Å². The molecule has 5 heteroatoms. The summed E-state index contributed by atoms with van der Waals surface area (Å²) in [5.41, 5.74) is 0. The van der Waals surface area contributed by atoms with E-state index in [-0.39, 0.29) is 0 Å². The van der Waals surface area contributed by atoms with E-state index in [9.17, 15) is 0 Å². The lowest BCUT2D eigenvalue weighted by Crippen LogP contribution is -2.19. The van der Waals surface area contributed by atoms with Crippen LogP contribution >= 0.6 is 15.9 Å². The number of nitrogens with one attached hydrogen (secondary N) is 1. The summed E-state index contributed by atoms with van der Waals surface area (Å²) in [5, 5.41) is 7.73.